The molecule has 6 nitrogen and oxygen atoms in total. The molecule has 0 spiro atoms. The number of benzene rings is 1. The molecule has 0 saturated heterocycles. The van der Waals surface area contributed by atoms with Gasteiger partial charge >= 0.3 is 6.01 Å². The van der Waals surface area contributed by atoms with Gasteiger partial charge in [-0.25, -0.2) is 0 Å². The van der Waals surface area contributed by atoms with Crippen molar-refractivity contribution in [3.8, 4) is 11.8 Å². The van der Waals surface area contributed by atoms with Crippen LogP contribution < -0.4 is 19.7 Å². The lowest BCUT2D eigenvalue weighted by atomic mass is 10.1. The summed E-state index contributed by atoms with van der Waals surface area (Å²) in [7, 11) is 1.61. The summed E-state index contributed by atoms with van der Waals surface area (Å²) in [5, 5.41) is 3.35. The second-order valence-corrected chi connectivity index (χ2v) is 5.35. The standard InChI is InChI=1S/C16H18N4O2/c1-21-16-18-12-10-17-7-6-11(12)15(19-16)20-8-9-22-14-5-3-2-4-13(14)20/h2-5,17H,6-10H2,1H3. The third kappa shape index (κ3) is 2.16. The molecule has 0 fully saturated rings. The zero-order valence-electron chi connectivity index (χ0n) is 12.5. The average molecular weight is 298 g/mol. The summed E-state index contributed by atoms with van der Waals surface area (Å²) >= 11 is 0. The number of fused-ring (bicyclic) bond motifs is 2. The first-order valence-electron chi connectivity index (χ1n) is 7.50. The molecule has 0 atom stereocenters. The number of rotatable bonds is 2. The Morgan fingerprint density at radius 1 is 1.27 bits per heavy atom. The Morgan fingerprint density at radius 2 is 2.18 bits per heavy atom. The van der Waals surface area contributed by atoms with Gasteiger partial charge in [0.15, 0.2) is 0 Å². The summed E-state index contributed by atoms with van der Waals surface area (Å²) in [4.78, 5) is 11.3. The van der Waals surface area contributed by atoms with Crippen molar-refractivity contribution in [1.29, 1.82) is 0 Å². The Balaban J connectivity index is 1.86. The molecule has 0 bridgehead atoms. The van der Waals surface area contributed by atoms with Gasteiger partial charge in [0.25, 0.3) is 0 Å². The molecule has 3 heterocycles. The van der Waals surface area contributed by atoms with E-state index in [4.69, 9.17) is 9.47 Å². The van der Waals surface area contributed by atoms with E-state index in [1.54, 1.807) is 7.11 Å². The Hall–Kier alpha value is -2.34. The zero-order valence-corrected chi connectivity index (χ0v) is 12.5. The largest absolute Gasteiger partial charge is 0.490 e. The van der Waals surface area contributed by atoms with E-state index in [0.29, 0.717) is 12.6 Å². The molecule has 0 aliphatic carbocycles. The molecular formula is C16H18N4O2. The van der Waals surface area contributed by atoms with Crippen molar-refractivity contribution in [2.75, 3.05) is 31.7 Å². The topological polar surface area (TPSA) is 59.5 Å². The van der Waals surface area contributed by atoms with Gasteiger partial charge in [-0.2, -0.15) is 9.97 Å². The number of methoxy groups -OCH3 is 1. The SMILES string of the molecule is COc1nc2c(c(N3CCOc4ccccc43)n1)CCNC2. The van der Waals surface area contributed by atoms with E-state index in [9.17, 15) is 0 Å². The van der Waals surface area contributed by atoms with Crippen molar-refractivity contribution in [2.24, 2.45) is 0 Å². The minimum absolute atomic E-state index is 0.418. The van der Waals surface area contributed by atoms with Crippen LogP contribution in [0, 0.1) is 0 Å². The molecule has 0 amide bonds. The maximum atomic E-state index is 5.75. The molecule has 4 rings (SSSR count). The minimum Gasteiger partial charge on any atom is -0.490 e. The highest BCUT2D eigenvalue weighted by Crippen LogP contribution is 2.38. The number of nitrogens with zero attached hydrogens (tertiary/aromatic N) is 3. The molecule has 6 heteroatoms. The highest BCUT2D eigenvalue weighted by atomic mass is 16.5. The number of aromatic nitrogens is 2. The van der Waals surface area contributed by atoms with Crippen molar-refractivity contribution in [3.63, 3.8) is 0 Å². The van der Waals surface area contributed by atoms with E-state index < -0.39 is 0 Å². The van der Waals surface area contributed by atoms with Crippen molar-refractivity contribution < 1.29 is 9.47 Å². The first-order chi connectivity index (χ1) is 10.9. The molecule has 0 saturated carbocycles. The summed E-state index contributed by atoms with van der Waals surface area (Å²) in [6.45, 7) is 3.13. The van der Waals surface area contributed by atoms with Gasteiger partial charge in [0, 0.05) is 12.1 Å². The lowest BCUT2D eigenvalue weighted by Gasteiger charge is -2.33. The number of nitrogens with one attached hydrogen (secondary N) is 1. The van der Waals surface area contributed by atoms with Gasteiger partial charge in [0.2, 0.25) is 0 Å². The summed E-state index contributed by atoms with van der Waals surface area (Å²) in [6.07, 6.45) is 0.925. The Morgan fingerprint density at radius 3 is 3.09 bits per heavy atom. The number of hydrogen-bond donors (Lipinski definition) is 1. The first-order valence-corrected chi connectivity index (χ1v) is 7.50. The smallest absolute Gasteiger partial charge is 0.318 e. The van der Waals surface area contributed by atoms with E-state index in [1.807, 2.05) is 18.2 Å². The normalized spacial score (nSPS) is 16.5. The fourth-order valence-corrected chi connectivity index (χ4v) is 3.02. The summed E-state index contributed by atoms with van der Waals surface area (Å²) in [5.74, 6) is 1.84. The third-order valence-corrected chi connectivity index (χ3v) is 4.06. The van der Waals surface area contributed by atoms with Crippen LogP contribution in [0.2, 0.25) is 0 Å². The molecule has 114 valence electrons. The quantitative estimate of drug-likeness (QED) is 0.910. The average Bonchev–Trinajstić information content (AvgIpc) is 2.60. The molecule has 2 aromatic rings. The third-order valence-electron chi connectivity index (χ3n) is 4.06. The van der Waals surface area contributed by atoms with Crippen LogP contribution in [0.3, 0.4) is 0 Å². The van der Waals surface area contributed by atoms with Crippen LogP contribution in [0.1, 0.15) is 11.3 Å². The predicted octanol–water partition coefficient (Wildman–Crippen LogP) is 1.66. The molecule has 1 aromatic carbocycles. The predicted molar refractivity (Wildman–Crippen MR) is 82.9 cm³/mol. The Kier molecular flexibility index (Phi) is 3.31. The summed E-state index contributed by atoms with van der Waals surface area (Å²) in [5.41, 5.74) is 3.28. The van der Waals surface area contributed by atoms with Gasteiger partial charge in [0.1, 0.15) is 18.2 Å². The van der Waals surface area contributed by atoms with Crippen LogP contribution in [0.4, 0.5) is 11.5 Å². The molecule has 1 aromatic heterocycles. The van der Waals surface area contributed by atoms with Crippen LogP contribution in [0.15, 0.2) is 24.3 Å². The van der Waals surface area contributed by atoms with Crippen molar-refractivity contribution in [1.82, 2.24) is 15.3 Å². The van der Waals surface area contributed by atoms with Gasteiger partial charge in [-0.05, 0) is 25.1 Å². The van der Waals surface area contributed by atoms with E-state index >= 15 is 0 Å². The lowest BCUT2D eigenvalue weighted by Crippen LogP contribution is -2.33. The van der Waals surface area contributed by atoms with E-state index in [1.165, 1.54) is 5.56 Å². The van der Waals surface area contributed by atoms with E-state index in [-0.39, 0.29) is 0 Å². The van der Waals surface area contributed by atoms with Crippen molar-refractivity contribution in [2.45, 2.75) is 13.0 Å². The highest BCUT2D eigenvalue weighted by Gasteiger charge is 2.26. The van der Waals surface area contributed by atoms with Crippen LogP contribution in [0.25, 0.3) is 0 Å². The van der Waals surface area contributed by atoms with Crippen LogP contribution in [0.5, 0.6) is 11.8 Å². The highest BCUT2D eigenvalue weighted by molar-refractivity contribution is 5.70. The maximum Gasteiger partial charge on any atom is 0.318 e. The maximum absolute atomic E-state index is 5.75. The van der Waals surface area contributed by atoms with Crippen LogP contribution in [-0.4, -0.2) is 36.8 Å². The number of hydrogen-bond acceptors (Lipinski definition) is 6. The number of anilines is 2. The number of para-hydroxylation sites is 2. The Labute approximate surface area is 129 Å². The van der Waals surface area contributed by atoms with Gasteiger partial charge in [-0.1, -0.05) is 12.1 Å². The zero-order chi connectivity index (χ0) is 14.9. The fraction of sp³-hybridized carbons (Fsp3) is 0.375. The van der Waals surface area contributed by atoms with Crippen LogP contribution >= 0.6 is 0 Å². The van der Waals surface area contributed by atoms with Gasteiger partial charge in [-0.15, -0.1) is 0 Å². The van der Waals surface area contributed by atoms with E-state index in [0.717, 1.165) is 49.0 Å². The van der Waals surface area contributed by atoms with Crippen LogP contribution in [-0.2, 0) is 13.0 Å². The molecule has 0 unspecified atom stereocenters. The van der Waals surface area contributed by atoms with Gasteiger partial charge in [-0.3, -0.25) is 0 Å². The van der Waals surface area contributed by atoms with Gasteiger partial charge < -0.3 is 19.7 Å². The lowest BCUT2D eigenvalue weighted by molar-refractivity contribution is 0.313. The summed E-state index contributed by atoms with van der Waals surface area (Å²) < 4.78 is 11.0. The molecule has 0 radical (unpaired) electrons. The summed E-state index contributed by atoms with van der Waals surface area (Å²) in [6, 6.07) is 8.49. The molecular weight excluding hydrogens is 280 g/mol. The van der Waals surface area contributed by atoms with E-state index in [2.05, 4.69) is 26.3 Å². The Bertz CT molecular complexity index is 705. The second kappa shape index (κ2) is 5.46. The monoisotopic (exact) mass is 298 g/mol. The number of ether oxygens (including phenoxy) is 2. The molecule has 2 aliphatic rings. The minimum atomic E-state index is 0.418. The van der Waals surface area contributed by atoms with Crippen molar-refractivity contribution >= 4 is 11.5 Å². The van der Waals surface area contributed by atoms with Gasteiger partial charge in [0.05, 0.1) is 25.0 Å². The fourth-order valence-electron chi connectivity index (χ4n) is 3.02. The second-order valence-electron chi connectivity index (χ2n) is 5.35. The molecule has 22 heavy (non-hydrogen) atoms. The first kappa shape index (κ1) is 13.3. The van der Waals surface area contributed by atoms with Crippen molar-refractivity contribution in [3.05, 3.63) is 35.5 Å². The molecule has 1 N–H and O–H groups in total. The molecule has 2 aliphatic heterocycles.